The van der Waals surface area contributed by atoms with Crippen LogP contribution < -0.4 is 5.32 Å². The number of morpholine rings is 1. The number of hydrogen-bond acceptors (Lipinski definition) is 4. The molecule has 0 aromatic heterocycles. The van der Waals surface area contributed by atoms with Gasteiger partial charge in [-0.05, 0) is 46.2 Å². The van der Waals surface area contributed by atoms with E-state index in [0.717, 1.165) is 52.0 Å². The molecule has 0 aliphatic carbocycles. The predicted molar refractivity (Wildman–Crippen MR) is 73.4 cm³/mol. The SMILES string of the molecule is CCC1COCCN1CCCCC(C)(C#N)NC. The number of nitrogens with one attached hydrogen (secondary N) is 1. The quantitative estimate of drug-likeness (QED) is 0.703. The first-order valence-corrected chi connectivity index (χ1v) is 7.07. The number of nitriles is 1. The second kappa shape index (κ2) is 7.73. The first-order chi connectivity index (χ1) is 8.65. The number of rotatable bonds is 7. The molecule has 18 heavy (non-hydrogen) atoms. The van der Waals surface area contributed by atoms with Gasteiger partial charge in [0.05, 0.1) is 19.3 Å². The van der Waals surface area contributed by atoms with Crippen LogP contribution in [0.2, 0.25) is 0 Å². The molecular weight excluding hydrogens is 226 g/mol. The average Bonchev–Trinajstić information content (AvgIpc) is 2.43. The van der Waals surface area contributed by atoms with Crippen LogP contribution in [-0.4, -0.2) is 49.8 Å². The van der Waals surface area contributed by atoms with Crippen LogP contribution in [-0.2, 0) is 4.74 Å². The smallest absolute Gasteiger partial charge is 0.103 e. The van der Waals surface area contributed by atoms with Crippen LogP contribution in [0.3, 0.4) is 0 Å². The third-order valence-electron chi connectivity index (χ3n) is 3.99. The third-order valence-corrected chi connectivity index (χ3v) is 3.99. The van der Waals surface area contributed by atoms with Gasteiger partial charge in [0, 0.05) is 12.6 Å². The molecule has 0 amide bonds. The van der Waals surface area contributed by atoms with Crippen molar-refractivity contribution in [1.29, 1.82) is 5.26 Å². The standard InChI is InChI=1S/C14H27N3O/c1-4-13-11-18-10-9-17(13)8-6-5-7-14(2,12-15)16-3/h13,16H,4-11H2,1-3H3. The molecule has 104 valence electrons. The Kier molecular flexibility index (Phi) is 6.62. The lowest BCUT2D eigenvalue weighted by Crippen LogP contribution is -2.45. The van der Waals surface area contributed by atoms with Crippen LogP contribution in [0.1, 0.15) is 39.5 Å². The normalized spacial score (nSPS) is 24.4. The minimum Gasteiger partial charge on any atom is -0.378 e. The van der Waals surface area contributed by atoms with E-state index < -0.39 is 0 Å². The van der Waals surface area contributed by atoms with Gasteiger partial charge in [-0.3, -0.25) is 4.90 Å². The van der Waals surface area contributed by atoms with Gasteiger partial charge in [-0.25, -0.2) is 0 Å². The molecule has 1 heterocycles. The van der Waals surface area contributed by atoms with Crippen molar-refractivity contribution in [3.05, 3.63) is 0 Å². The zero-order chi connectivity index (χ0) is 13.4. The molecule has 1 aliphatic rings. The Balaban J connectivity index is 2.23. The fraction of sp³-hybridized carbons (Fsp3) is 0.929. The Morgan fingerprint density at radius 2 is 2.28 bits per heavy atom. The van der Waals surface area contributed by atoms with E-state index in [1.54, 1.807) is 0 Å². The van der Waals surface area contributed by atoms with Crippen LogP contribution >= 0.6 is 0 Å². The molecule has 1 fully saturated rings. The molecule has 0 aromatic rings. The molecule has 0 radical (unpaired) electrons. The van der Waals surface area contributed by atoms with Crippen molar-refractivity contribution in [2.24, 2.45) is 0 Å². The van der Waals surface area contributed by atoms with Gasteiger partial charge in [0.25, 0.3) is 0 Å². The Hall–Kier alpha value is -0.630. The zero-order valence-electron chi connectivity index (χ0n) is 12.0. The highest BCUT2D eigenvalue weighted by atomic mass is 16.5. The maximum Gasteiger partial charge on any atom is 0.103 e. The van der Waals surface area contributed by atoms with Crippen molar-refractivity contribution < 1.29 is 4.74 Å². The maximum absolute atomic E-state index is 9.07. The van der Waals surface area contributed by atoms with Gasteiger partial charge in [0.2, 0.25) is 0 Å². The van der Waals surface area contributed by atoms with Crippen molar-refractivity contribution in [2.45, 2.75) is 51.1 Å². The molecule has 1 aliphatic heterocycles. The number of nitrogens with zero attached hydrogens (tertiary/aromatic N) is 2. The highest BCUT2D eigenvalue weighted by molar-refractivity contribution is 5.02. The van der Waals surface area contributed by atoms with E-state index in [4.69, 9.17) is 10.00 Å². The maximum atomic E-state index is 9.07. The van der Waals surface area contributed by atoms with E-state index in [1.165, 1.54) is 0 Å². The Morgan fingerprint density at radius 1 is 1.50 bits per heavy atom. The van der Waals surface area contributed by atoms with Crippen LogP contribution in [0.5, 0.6) is 0 Å². The Bertz CT molecular complexity index is 277. The van der Waals surface area contributed by atoms with Crippen molar-refractivity contribution >= 4 is 0 Å². The second-order valence-electron chi connectivity index (χ2n) is 5.32. The van der Waals surface area contributed by atoms with E-state index in [2.05, 4.69) is 23.2 Å². The van der Waals surface area contributed by atoms with Crippen LogP contribution in [0, 0.1) is 11.3 Å². The molecule has 0 saturated carbocycles. The molecule has 2 atom stereocenters. The van der Waals surface area contributed by atoms with Crippen molar-refractivity contribution in [3.63, 3.8) is 0 Å². The highest BCUT2D eigenvalue weighted by Gasteiger charge is 2.22. The van der Waals surface area contributed by atoms with Gasteiger partial charge >= 0.3 is 0 Å². The first kappa shape index (κ1) is 15.4. The second-order valence-corrected chi connectivity index (χ2v) is 5.32. The molecule has 1 rings (SSSR count). The average molecular weight is 253 g/mol. The summed E-state index contributed by atoms with van der Waals surface area (Å²) in [4.78, 5) is 2.53. The Labute approximate surface area is 111 Å². The van der Waals surface area contributed by atoms with Gasteiger partial charge in [-0.1, -0.05) is 6.92 Å². The van der Waals surface area contributed by atoms with Crippen molar-refractivity contribution in [1.82, 2.24) is 10.2 Å². The number of hydrogen-bond donors (Lipinski definition) is 1. The zero-order valence-corrected chi connectivity index (χ0v) is 12.0. The van der Waals surface area contributed by atoms with Crippen LogP contribution in [0.4, 0.5) is 0 Å². The summed E-state index contributed by atoms with van der Waals surface area (Å²) in [6, 6.07) is 2.93. The molecule has 4 heteroatoms. The van der Waals surface area contributed by atoms with Crippen molar-refractivity contribution in [2.75, 3.05) is 33.4 Å². The predicted octanol–water partition coefficient (Wildman–Crippen LogP) is 1.77. The molecule has 2 unspecified atom stereocenters. The molecule has 1 N–H and O–H groups in total. The van der Waals surface area contributed by atoms with E-state index in [-0.39, 0.29) is 5.54 Å². The molecule has 4 nitrogen and oxygen atoms in total. The summed E-state index contributed by atoms with van der Waals surface area (Å²) in [6.07, 6.45) is 4.34. The van der Waals surface area contributed by atoms with Gasteiger partial charge in [-0.2, -0.15) is 5.26 Å². The largest absolute Gasteiger partial charge is 0.378 e. The molecule has 0 bridgehead atoms. The van der Waals surface area contributed by atoms with Gasteiger partial charge in [-0.15, -0.1) is 0 Å². The van der Waals surface area contributed by atoms with Crippen LogP contribution in [0.15, 0.2) is 0 Å². The molecular formula is C14H27N3O. The molecule has 0 spiro atoms. The first-order valence-electron chi connectivity index (χ1n) is 7.07. The number of unbranched alkanes of at least 4 members (excludes halogenated alkanes) is 1. The lowest BCUT2D eigenvalue weighted by molar-refractivity contribution is -0.00927. The van der Waals surface area contributed by atoms with Gasteiger partial charge in [0.15, 0.2) is 0 Å². The summed E-state index contributed by atoms with van der Waals surface area (Å²) in [6.45, 7) is 8.12. The summed E-state index contributed by atoms with van der Waals surface area (Å²) >= 11 is 0. The topological polar surface area (TPSA) is 48.3 Å². The van der Waals surface area contributed by atoms with Crippen molar-refractivity contribution in [3.8, 4) is 6.07 Å². The van der Waals surface area contributed by atoms with E-state index in [1.807, 2.05) is 14.0 Å². The van der Waals surface area contributed by atoms with E-state index in [9.17, 15) is 0 Å². The summed E-state index contributed by atoms with van der Waals surface area (Å²) in [7, 11) is 1.86. The van der Waals surface area contributed by atoms with E-state index in [0.29, 0.717) is 6.04 Å². The molecule has 0 aromatic carbocycles. The minimum absolute atomic E-state index is 0.366. The fourth-order valence-electron chi connectivity index (χ4n) is 2.39. The summed E-state index contributed by atoms with van der Waals surface area (Å²) in [5.74, 6) is 0. The summed E-state index contributed by atoms with van der Waals surface area (Å²) in [5, 5.41) is 12.2. The fourth-order valence-corrected chi connectivity index (χ4v) is 2.39. The monoisotopic (exact) mass is 253 g/mol. The summed E-state index contributed by atoms with van der Waals surface area (Å²) in [5.41, 5.74) is -0.366. The van der Waals surface area contributed by atoms with Gasteiger partial charge in [0.1, 0.15) is 5.54 Å². The third kappa shape index (κ3) is 4.56. The Morgan fingerprint density at radius 3 is 2.89 bits per heavy atom. The highest BCUT2D eigenvalue weighted by Crippen LogP contribution is 2.15. The van der Waals surface area contributed by atoms with Crippen LogP contribution in [0.25, 0.3) is 0 Å². The summed E-state index contributed by atoms with van der Waals surface area (Å²) < 4.78 is 5.50. The minimum atomic E-state index is -0.366. The lowest BCUT2D eigenvalue weighted by atomic mass is 9.97. The van der Waals surface area contributed by atoms with E-state index >= 15 is 0 Å². The molecule has 1 saturated heterocycles. The lowest BCUT2D eigenvalue weighted by Gasteiger charge is -2.35. The van der Waals surface area contributed by atoms with Gasteiger partial charge < -0.3 is 10.1 Å². The number of ether oxygens (including phenoxy) is 1.